The Balaban J connectivity index is 3.60. The number of carbonyl (C=O) groups excluding carboxylic acids is 1. The zero-order chi connectivity index (χ0) is 16.4. The molecule has 8 heteroatoms. The van der Waals surface area contributed by atoms with Crippen LogP contribution in [-0.2, 0) is 9.84 Å². The van der Waals surface area contributed by atoms with E-state index in [1.807, 2.05) is 6.92 Å². The Hall–Kier alpha value is -1.47. The smallest absolute Gasteiger partial charge is 0.276 e. The summed E-state index contributed by atoms with van der Waals surface area (Å²) in [6.07, 6.45) is 1.04. The normalized spacial score (nSPS) is 13.0. The molecule has 0 N–H and O–H groups in total. The Kier molecular flexibility index (Phi) is 5.47. The van der Waals surface area contributed by atoms with Crippen molar-refractivity contribution in [3.05, 3.63) is 33.4 Å². The van der Waals surface area contributed by atoms with Crippen LogP contribution in [-0.4, -0.2) is 23.8 Å². The maximum atomic E-state index is 12.5. The predicted molar refractivity (Wildman–Crippen MR) is 79.6 cm³/mol. The summed E-state index contributed by atoms with van der Waals surface area (Å²) < 4.78 is 24.9. The molecule has 0 radical (unpaired) electrons. The van der Waals surface area contributed by atoms with E-state index in [2.05, 4.69) is 0 Å². The second-order valence-electron chi connectivity index (χ2n) is 4.81. The number of hydrogen-bond donors (Lipinski definition) is 0. The molecule has 0 amide bonds. The maximum absolute atomic E-state index is 12.5. The van der Waals surface area contributed by atoms with E-state index in [-0.39, 0.29) is 10.5 Å². The Morgan fingerprint density at radius 3 is 2.43 bits per heavy atom. The van der Waals surface area contributed by atoms with Gasteiger partial charge in [0.25, 0.3) is 10.9 Å². The van der Waals surface area contributed by atoms with Gasteiger partial charge in [0.1, 0.15) is 4.90 Å². The number of halogens is 1. The van der Waals surface area contributed by atoms with E-state index in [4.69, 9.17) is 11.6 Å². The molecule has 0 bridgehead atoms. The number of hydrogen-bond acceptors (Lipinski definition) is 5. The first-order valence-electron chi connectivity index (χ1n) is 6.35. The highest BCUT2D eigenvalue weighted by Crippen LogP contribution is 2.31. The van der Waals surface area contributed by atoms with Gasteiger partial charge in [-0.3, -0.25) is 14.9 Å². The first-order valence-corrected chi connectivity index (χ1v) is 8.28. The number of benzene rings is 1. The van der Waals surface area contributed by atoms with Crippen LogP contribution in [0.3, 0.4) is 0 Å². The molecule has 0 aliphatic carbocycles. The number of rotatable bonds is 6. The lowest BCUT2D eigenvalue weighted by Crippen LogP contribution is -2.19. The van der Waals surface area contributed by atoms with Crippen molar-refractivity contribution in [2.24, 2.45) is 0 Å². The van der Waals surface area contributed by atoms with Gasteiger partial charge in [0.05, 0.1) is 10.2 Å². The standard InChI is InChI=1S/C13H16ClNO5S/c1-4-5-9(3)21(19,20)12-6-8(2)10(13(14)16)7-11(12)15(17)18/h6-7,9H,4-5H2,1-3H3. The number of nitro benzene ring substituents is 1. The van der Waals surface area contributed by atoms with Gasteiger partial charge in [-0.2, -0.15) is 0 Å². The topological polar surface area (TPSA) is 94.3 Å². The lowest BCUT2D eigenvalue weighted by Gasteiger charge is -2.13. The van der Waals surface area contributed by atoms with E-state index in [9.17, 15) is 23.3 Å². The van der Waals surface area contributed by atoms with Crippen molar-refractivity contribution in [3.63, 3.8) is 0 Å². The fourth-order valence-corrected chi connectivity index (χ4v) is 3.98. The zero-order valence-corrected chi connectivity index (χ0v) is 13.5. The Morgan fingerprint density at radius 2 is 2.00 bits per heavy atom. The van der Waals surface area contributed by atoms with E-state index >= 15 is 0 Å². The number of nitrogens with zero attached hydrogens (tertiary/aromatic N) is 1. The van der Waals surface area contributed by atoms with E-state index in [0.29, 0.717) is 18.4 Å². The molecule has 0 aliphatic rings. The van der Waals surface area contributed by atoms with Crippen LogP contribution in [0, 0.1) is 17.0 Å². The van der Waals surface area contributed by atoms with Crippen molar-refractivity contribution in [3.8, 4) is 0 Å². The van der Waals surface area contributed by atoms with Crippen LogP contribution < -0.4 is 0 Å². The Morgan fingerprint density at radius 1 is 1.43 bits per heavy atom. The molecule has 0 saturated carbocycles. The second-order valence-corrected chi connectivity index (χ2v) is 7.49. The van der Waals surface area contributed by atoms with E-state index in [1.165, 1.54) is 13.8 Å². The lowest BCUT2D eigenvalue weighted by atomic mass is 10.1. The molecular formula is C13H16ClNO5S. The lowest BCUT2D eigenvalue weighted by molar-refractivity contribution is -0.387. The van der Waals surface area contributed by atoms with Crippen molar-refractivity contribution in [2.45, 2.75) is 43.8 Å². The van der Waals surface area contributed by atoms with E-state index in [1.54, 1.807) is 0 Å². The Labute approximate surface area is 128 Å². The highest BCUT2D eigenvalue weighted by Gasteiger charge is 2.32. The molecule has 0 heterocycles. The van der Waals surface area contributed by atoms with Gasteiger partial charge in [-0.15, -0.1) is 0 Å². The minimum Gasteiger partial charge on any atom is -0.276 e. The molecule has 0 aromatic heterocycles. The van der Waals surface area contributed by atoms with Gasteiger partial charge >= 0.3 is 0 Å². The van der Waals surface area contributed by atoms with E-state index in [0.717, 1.165) is 12.1 Å². The summed E-state index contributed by atoms with van der Waals surface area (Å²) in [5.41, 5.74) is -0.388. The SMILES string of the molecule is CCCC(C)S(=O)(=O)c1cc(C)c(C(=O)Cl)cc1[N+](=O)[O-]. The van der Waals surface area contributed by atoms with Crippen molar-refractivity contribution in [1.82, 2.24) is 0 Å². The van der Waals surface area contributed by atoms with Crippen molar-refractivity contribution in [1.29, 1.82) is 0 Å². The van der Waals surface area contributed by atoms with Gasteiger partial charge < -0.3 is 0 Å². The summed E-state index contributed by atoms with van der Waals surface area (Å²) >= 11 is 5.35. The van der Waals surface area contributed by atoms with Crippen molar-refractivity contribution in [2.75, 3.05) is 0 Å². The molecule has 1 atom stereocenters. The summed E-state index contributed by atoms with van der Waals surface area (Å²) in [6.45, 7) is 4.84. The van der Waals surface area contributed by atoms with Gasteiger partial charge in [0.2, 0.25) is 0 Å². The third-order valence-electron chi connectivity index (χ3n) is 3.25. The first kappa shape index (κ1) is 17.6. The van der Waals surface area contributed by atoms with Crippen LogP contribution in [0.15, 0.2) is 17.0 Å². The largest absolute Gasteiger partial charge is 0.288 e. The molecular weight excluding hydrogens is 318 g/mol. The molecule has 1 rings (SSSR count). The van der Waals surface area contributed by atoms with Gasteiger partial charge in [-0.05, 0) is 43.5 Å². The first-order chi connectivity index (χ1) is 9.62. The monoisotopic (exact) mass is 333 g/mol. The van der Waals surface area contributed by atoms with Gasteiger partial charge in [-0.1, -0.05) is 13.3 Å². The highest BCUT2D eigenvalue weighted by molar-refractivity contribution is 7.92. The average molecular weight is 334 g/mol. The van der Waals surface area contributed by atoms with Crippen LogP contribution in [0.5, 0.6) is 0 Å². The fraction of sp³-hybridized carbons (Fsp3) is 0.462. The highest BCUT2D eigenvalue weighted by atomic mass is 35.5. The van der Waals surface area contributed by atoms with E-state index < -0.39 is 30.9 Å². The maximum Gasteiger partial charge on any atom is 0.288 e. The summed E-state index contributed by atoms with van der Waals surface area (Å²) in [6, 6.07) is 2.07. The third-order valence-corrected chi connectivity index (χ3v) is 5.68. The number of aryl methyl sites for hydroxylation is 1. The molecule has 1 aromatic rings. The van der Waals surface area contributed by atoms with Gasteiger partial charge in [0.15, 0.2) is 9.84 Å². The average Bonchev–Trinajstić information content (AvgIpc) is 2.37. The zero-order valence-electron chi connectivity index (χ0n) is 11.9. The molecule has 0 spiro atoms. The molecule has 21 heavy (non-hydrogen) atoms. The molecule has 1 unspecified atom stereocenters. The fourth-order valence-electron chi connectivity index (χ4n) is 2.03. The van der Waals surface area contributed by atoms with Gasteiger partial charge in [0, 0.05) is 11.6 Å². The predicted octanol–water partition coefficient (Wildman–Crippen LogP) is 3.24. The summed E-state index contributed by atoms with van der Waals surface area (Å²) in [7, 11) is -3.84. The van der Waals surface area contributed by atoms with Crippen LogP contribution in [0.1, 0.15) is 42.6 Å². The number of sulfone groups is 1. The molecule has 0 aliphatic heterocycles. The molecule has 1 aromatic carbocycles. The van der Waals surface area contributed by atoms with Crippen molar-refractivity contribution < 1.29 is 18.1 Å². The third kappa shape index (κ3) is 3.59. The quantitative estimate of drug-likeness (QED) is 0.452. The number of carbonyl (C=O) groups is 1. The number of nitro groups is 1. The molecule has 0 fully saturated rings. The van der Waals surface area contributed by atoms with Crippen LogP contribution in [0.4, 0.5) is 5.69 Å². The van der Waals surface area contributed by atoms with Gasteiger partial charge in [-0.25, -0.2) is 8.42 Å². The molecule has 116 valence electrons. The van der Waals surface area contributed by atoms with Crippen molar-refractivity contribution >= 4 is 32.4 Å². The minimum absolute atomic E-state index is 0.0644. The van der Waals surface area contributed by atoms with Crippen LogP contribution in [0.2, 0.25) is 0 Å². The van der Waals surface area contributed by atoms with Crippen LogP contribution >= 0.6 is 11.6 Å². The molecule has 0 saturated heterocycles. The summed E-state index contributed by atoms with van der Waals surface area (Å²) in [4.78, 5) is 21.2. The van der Waals surface area contributed by atoms with Crippen LogP contribution in [0.25, 0.3) is 0 Å². The summed E-state index contributed by atoms with van der Waals surface area (Å²) in [5.74, 6) is 0. The summed E-state index contributed by atoms with van der Waals surface area (Å²) in [5, 5.41) is 9.52. The second kappa shape index (κ2) is 6.53. The molecule has 6 nitrogen and oxygen atoms in total. The Bertz CT molecular complexity index is 684. The minimum atomic E-state index is -3.84.